The zero-order valence-corrected chi connectivity index (χ0v) is 11.3. The number of thiophene rings is 1. The van der Waals surface area contributed by atoms with Crippen molar-refractivity contribution < 1.29 is 0 Å². The number of rotatable bonds is 6. The van der Waals surface area contributed by atoms with Gasteiger partial charge in [0.1, 0.15) is 0 Å². The lowest BCUT2D eigenvalue weighted by molar-refractivity contribution is 0.401. The molecule has 86 valence electrons. The van der Waals surface area contributed by atoms with Crippen LogP contribution in [0.2, 0.25) is 4.34 Å². The van der Waals surface area contributed by atoms with Crippen molar-refractivity contribution in [2.24, 2.45) is 5.92 Å². The molecule has 0 saturated carbocycles. The number of nitrogens with one attached hydrogen (secondary N) is 1. The van der Waals surface area contributed by atoms with Crippen LogP contribution in [-0.4, -0.2) is 12.6 Å². The molecule has 0 bridgehead atoms. The van der Waals surface area contributed by atoms with E-state index in [0.29, 0.717) is 12.0 Å². The summed E-state index contributed by atoms with van der Waals surface area (Å²) in [6.45, 7) is 7.86. The minimum absolute atomic E-state index is 0.575. The fraction of sp³-hybridized carbons (Fsp3) is 0.667. The summed E-state index contributed by atoms with van der Waals surface area (Å²) >= 11 is 7.60. The molecule has 0 saturated heterocycles. The van der Waals surface area contributed by atoms with Crippen molar-refractivity contribution in [1.82, 2.24) is 5.32 Å². The van der Waals surface area contributed by atoms with Crippen molar-refractivity contribution in [2.45, 2.75) is 39.7 Å². The summed E-state index contributed by atoms with van der Waals surface area (Å²) in [6.07, 6.45) is 2.32. The first-order valence-electron chi connectivity index (χ1n) is 5.61. The Morgan fingerprint density at radius 3 is 2.67 bits per heavy atom. The average molecular weight is 246 g/mol. The molecule has 1 aromatic rings. The van der Waals surface area contributed by atoms with Gasteiger partial charge in [-0.3, -0.25) is 0 Å². The number of hydrogen-bond donors (Lipinski definition) is 1. The zero-order chi connectivity index (χ0) is 11.3. The first-order chi connectivity index (χ1) is 7.13. The summed E-state index contributed by atoms with van der Waals surface area (Å²) in [5, 5.41) is 3.53. The smallest absolute Gasteiger partial charge is 0.0931 e. The minimum atomic E-state index is 0.575. The minimum Gasteiger partial charge on any atom is -0.314 e. The van der Waals surface area contributed by atoms with Gasteiger partial charge in [0.15, 0.2) is 0 Å². The molecule has 0 spiro atoms. The Morgan fingerprint density at radius 1 is 1.40 bits per heavy atom. The second kappa shape index (κ2) is 6.51. The standard InChI is InChI=1S/C12H20ClNS/c1-4-7-14-10(3)9(2)8-11-5-6-12(13)15-11/h5-6,9-10,14H,4,7-8H2,1-3H3. The highest BCUT2D eigenvalue weighted by molar-refractivity contribution is 7.16. The zero-order valence-electron chi connectivity index (χ0n) is 9.72. The van der Waals surface area contributed by atoms with Crippen LogP contribution in [0, 0.1) is 5.92 Å². The summed E-state index contributed by atoms with van der Waals surface area (Å²) in [7, 11) is 0. The lowest BCUT2D eigenvalue weighted by Gasteiger charge is -2.20. The highest BCUT2D eigenvalue weighted by Gasteiger charge is 2.12. The molecular formula is C12H20ClNS. The fourth-order valence-corrected chi connectivity index (χ4v) is 2.76. The van der Waals surface area contributed by atoms with Gasteiger partial charge in [-0.1, -0.05) is 25.4 Å². The average Bonchev–Trinajstić information content (AvgIpc) is 2.60. The third-order valence-electron chi connectivity index (χ3n) is 2.72. The fourth-order valence-electron chi connectivity index (χ4n) is 1.53. The van der Waals surface area contributed by atoms with E-state index in [0.717, 1.165) is 17.3 Å². The number of halogens is 1. The molecule has 0 amide bonds. The highest BCUT2D eigenvalue weighted by atomic mass is 35.5. The van der Waals surface area contributed by atoms with Crippen LogP contribution in [0.25, 0.3) is 0 Å². The summed E-state index contributed by atoms with van der Waals surface area (Å²) in [5.41, 5.74) is 0. The van der Waals surface area contributed by atoms with E-state index >= 15 is 0 Å². The van der Waals surface area contributed by atoms with Gasteiger partial charge in [0.05, 0.1) is 4.34 Å². The Hall–Kier alpha value is -0.0500. The Kier molecular flexibility index (Phi) is 5.65. The Bertz CT molecular complexity index is 285. The highest BCUT2D eigenvalue weighted by Crippen LogP contribution is 2.24. The van der Waals surface area contributed by atoms with Gasteiger partial charge < -0.3 is 5.32 Å². The maximum absolute atomic E-state index is 5.91. The molecule has 2 atom stereocenters. The maximum atomic E-state index is 5.91. The molecule has 0 aliphatic carbocycles. The van der Waals surface area contributed by atoms with Crippen molar-refractivity contribution in [3.8, 4) is 0 Å². The lowest BCUT2D eigenvalue weighted by Crippen LogP contribution is -2.33. The molecule has 0 fully saturated rings. The second-order valence-corrected chi connectivity index (χ2v) is 5.93. The lowest BCUT2D eigenvalue weighted by atomic mass is 9.99. The molecular weight excluding hydrogens is 226 g/mol. The maximum Gasteiger partial charge on any atom is 0.0931 e. The SMILES string of the molecule is CCCNC(C)C(C)Cc1ccc(Cl)s1. The van der Waals surface area contributed by atoms with E-state index in [1.165, 1.54) is 11.3 Å². The van der Waals surface area contributed by atoms with Crippen molar-refractivity contribution >= 4 is 22.9 Å². The summed E-state index contributed by atoms with van der Waals surface area (Å²) in [4.78, 5) is 1.39. The van der Waals surface area contributed by atoms with Crippen LogP contribution in [0.3, 0.4) is 0 Å². The van der Waals surface area contributed by atoms with Gasteiger partial charge in [0, 0.05) is 10.9 Å². The number of hydrogen-bond acceptors (Lipinski definition) is 2. The topological polar surface area (TPSA) is 12.0 Å². The van der Waals surface area contributed by atoms with Gasteiger partial charge in [-0.15, -0.1) is 11.3 Å². The predicted octanol–water partition coefficient (Wildman–Crippen LogP) is 3.97. The van der Waals surface area contributed by atoms with Crippen LogP contribution in [0.15, 0.2) is 12.1 Å². The van der Waals surface area contributed by atoms with Crippen LogP contribution >= 0.6 is 22.9 Å². The molecule has 1 rings (SSSR count). The second-order valence-electron chi connectivity index (χ2n) is 4.13. The molecule has 0 radical (unpaired) electrons. The molecule has 15 heavy (non-hydrogen) atoms. The van der Waals surface area contributed by atoms with Gasteiger partial charge in [-0.2, -0.15) is 0 Å². The molecule has 0 aliphatic heterocycles. The summed E-state index contributed by atoms with van der Waals surface area (Å²) in [5.74, 6) is 0.659. The third-order valence-corrected chi connectivity index (χ3v) is 3.98. The van der Waals surface area contributed by atoms with Crippen LogP contribution in [0.4, 0.5) is 0 Å². The van der Waals surface area contributed by atoms with Gasteiger partial charge >= 0.3 is 0 Å². The molecule has 0 aromatic carbocycles. The molecule has 1 N–H and O–H groups in total. The van der Waals surface area contributed by atoms with E-state index in [1.807, 2.05) is 6.07 Å². The van der Waals surface area contributed by atoms with Gasteiger partial charge in [0.25, 0.3) is 0 Å². The van der Waals surface area contributed by atoms with E-state index < -0.39 is 0 Å². The van der Waals surface area contributed by atoms with Crippen molar-refractivity contribution in [3.63, 3.8) is 0 Å². The Morgan fingerprint density at radius 2 is 2.13 bits per heavy atom. The molecule has 2 unspecified atom stereocenters. The predicted molar refractivity (Wildman–Crippen MR) is 70.0 cm³/mol. The Balaban J connectivity index is 2.37. The molecule has 1 nitrogen and oxygen atoms in total. The monoisotopic (exact) mass is 245 g/mol. The van der Waals surface area contributed by atoms with Crippen molar-refractivity contribution in [1.29, 1.82) is 0 Å². The molecule has 0 aliphatic rings. The van der Waals surface area contributed by atoms with Crippen molar-refractivity contribution in [3.05, 3.63) is 21.3 Å². The first-order valence-corrected chi connectivity index (χ1v) is 6.80. The van der Waals surface area contributed by atoms with Gasteiger partial charge in [0.2, 0.25) is 0 Å². The normalized spacial score (nSPS) is 15.2. The molecule has 1 heterocycles. The molecule has 1 aromatic heterocycles. The summed E-state index contributed by atoms with van der Waals surface area (Å²) in [6, 6.07) is 4.69. The Labute approximate surface area is 102 Å². The van der Waals surface area contributed by atoms with Crippen LogP contribution < -0.4 is 5.32 Å². The van der Waals surface area contributed by atoms with Crippen LogP contribution in [0.1, 0.15) is 32.1 Å². The van der Waals surface area contributed by atoms with E-state index in [4.69, 9.17) is 11.6 Å². The first kappa shape index (κ1) is 13.0. The largest absolute Gasteiger partial charge is 0.314 e. The van der Waals surface area contributed by atoms with E-state index in [2.05, 4.69) is 32.2 Å². The van der Waals surface area contributed by atoms with Crippen molar-refractivity contribution in [2.75, 3.05) is 6.54 Å². The van der Waals surface area contributed by atoms with Gasteiger partial charge in [-0.05, 0) is 44.4 Å². The quantitative estimate of drug-likeness (QED) is 0.800. The third kappa shape index (κ3) is 4.54. The van der Waals surface area contributed by atoms with Gasteiger partial charge in [-0.25, -0.2) is 0 Å². The van der Waals surface area contributed by atoms with E-state index in [1.54, 1.807) is 11.3 Å². The summed E-state index contributed by atoms with van der Waals surface area (Å²) < 4.78 is 0.895. The van der Waals surface area contributed by atoms with E-state index in [9.17, 15) is 0 Å². The van der Waals surface area contributed by atoms with Crippen LogP contribution in [-0.2, 0) is 6.42 Å². The van der Waals surface area contributed by atoms with E-state index in [-0.39, 0.29) is 0 Å². The van der Waals surface area contributed by atoms with Crippen LogP contribution in [0.5, 0.6) is 0 Å². The molecule has 3 heteroatoms.